The van der Waals surface area contributed by atoms with Crippen molar-refractivity contribution in [1.29, 1.82) is 0 Å². The van der Waals surface area contributed by atoms with E-state index in [2.05, 4.69) is 20.6 Å². The predicted octanol–water partition coefficient (Wildman–Crippen LogP) is 3.25. The second-order valence-electron chi connectivity index (χ2n) is 6.47. The van der Waals surface area contributed by atoms with E-state index in [1.165, 1.54) is 0 Å². The van der Waals surface area contributed by atoms with Gasteiger partial charge in [0.1, 0.15) is 17.3 Å². The average molecular weight is 340 g/mol. The van der Waals surface area contributed by atoms with Gasteiger partial charge in [-0.25, -0.2) is 9.97 Å². The van der Waals surface area contributed by atoms with Gasteiger partial charge in [-0.1, -0.05) is 12.1 Å². The highest BCUT2D eigenvalue weighted by atomic mass is 16.5. The van der Waals surface area contributed by atoms with Crippen molar-refractivity contribution in [3.05, 3.63) is 46.9 Å². The lowest BCUT2D eigenvalue weighted by Gasteiger charge is -2.13. The van der Waals surface area contributed by atoms with Crippen LogP contribution in [0.1, 0.15) is 40.3 Å². The van der Waals surface area contributed by atoms with Gasteiger partial charge in [0.2, 0.25) is 0 Å². The number of rotatable bonds is 5. The fraction of sp³-hybridized carbons (Fsp3) is 0.421. The highest BCUT2D eigenvalue weighted by molar-refractivity contribution is 6.03. The summed E-state index contributed by atoms with van der Waals surface area (Å²) in [5, 5.41) is 6.19. The number of carbonyl (C=O) groups is 1. The summed E-state index contributed by atoms with van der Waals surface area (Å²) in [4.78, 5) is 21.2. The van der Waals surface area contributed by atoms with Crippen LogP contribution in [0, 0.1) is 20.8 Å². The molecule has 1 amide bonds. The van der Waals surface area contributed by atoms with Crippen LogP contribution in [0.2, 0.25) is 0 Å². The van der Waals surface area contributed by atoms with E-state index in [0.717, 1.165) is 36.3 Å². The Bertz CT molecular complexity index is 770. The third kappa shape index (κ3) is 4.54. The molecule has 1 fully saturated rings. The summed E-state index contributed by atoms with van der Waals surface area (Å²) in [7, 11) is 0. The van der Waals surface area contributed by atoms with Gasteiger partial charge in [-0.05, 0) is 50.8 Å². The van der Waals surface area contributed by atoms with Crippen molar-refractivity contribution in [2.45, 2.75) is 39.7 Å². The van der Waals surface area contributed by atoms with Gasteiger partial charge in [0.05, 0.1) is 6.10 Å². The normalized spacial score (nSPS) is 16.7. The van der Waals surface area contributed by atoms with Crippen LogP contribution in [0.15, 0.2) is 24.3 Å². The summed E-state index contributed by atoms with van der Waals surface area (Å²) in [6, 6.07) is 7.65. The van der Waals surface area contributed by atoms with Crippen molar-refractivity contribution >= 4 is 17.4 Å². The number of aromatic nitrogens is 2. The minimum absolute atomic E-state index is 0.211. The van der Waals surface area contributed by atoms with Crippen molar-refractivity contribution in [2.75, 3.05) is 23.8 Å². The van der Waals surface area contributed by atoms with E-state index < -0.39 is 0 Å². The quantitative estimate of drug-likeness (QED) is 0.874. The molecule has 132 valence electrons. The predicted molar refractivity (Wildman–Crippen MR) is 98.1 cm³/mol. The lowest BCUT2D eigenvalue weighted by molar-refractivity contribution is 0.102. The number of hydrogen-bond acceptors (Lipinski definition) is 5. The topological polar surface area (TPSA) is 76.1 Å². The van der Waals surface area contributed by atoms with Crippen LogP contribution in [-0.4, -0.2) is 35.1 Å². The van der Waals surface area contributed by atoms with E-state index in [-0.39, 0.29) is 12.0 Å². The molecule has 1 aliphatic rings. The maximum Gasteiger partial charge on any atom is 0.274 e. The summed E-state index contributed by atoms with van der Waals surface area (Å²) in [5.74, 6) is 0.969. The van der Waals surface area contributed by atoms with Crippen LogP contribution in [0.5, 0.6) is 0 Å². The fourth-order valence-electron chi connectivity index (χ4n) is 2.86. The van der Waals surface area contributed by atoms with Crippen LogP contribution < -0.4 is 10.6 Å². The molecule has 6 heteroatoms. The Labute approximate surface area is 148 Å². The highest BCUT2D eigenvalue weighted by Gasteiger charge is 2.16. The summed E-state index contributed by atoms with van der Waals surface area (Å²) in [6.07, 6.45) is 2.36. The zero-order chi connectivity index (χ0) is 17.8. The van der Waals surface area contributed by atoms with E-state index in [1.807, 2.05) is 32.0 Å². The van der Waals surface area contributed by atoms with Gasteiger partial charge in [-0.3, -0.25) is 4.79 Å². The number of hydrogen-bond donors (Lipinski definition) is 2. The van der Waals surface area contributed by atoms with Gasteiger partial charge in [0, 0.05) is 24.9 Å². The molecule has 0 spiro atoms. The van der Waals surface area contributed by atoms with E-state index in [0.29, 0.717) is 23.9 Å². The molecule has 1 aliphatic heterocycles. The second kappa shape index (κ2) is 7.61. The molecule has 1 saturated heterocycles. The van der Waals surface area contributed by atoms with Gasteiger partial charge in [-0.2, -0.15) is 0 Å². The molecule has 0 radical (unpaired) electrons. The molecule has 1 aromatic heterocycles. The Morgan fingerprint density at radius 1 is 1.24 bits per heavy atom. The summed E-state index contributed by atoms with van der Waals surface area (Å²) in [6.45, 7) is 7.25. The summed E-state index contributed by atoms with van der Waals surface area (Å²) >= 11 is 0. The standard InChI is InChI=1S/C19H24N4O2/c1-12-6-7-13(2)16(9-12)23-19(24)17-10-18(22-14(3)21-17)20-11-15-5-4-8-25-15/h6-7,9-10,15H,4-5,8,11H2,1-3H3,(H,23,24)(H,20,21,22). The smallest absolute Gasteiger partial charge is 0.274 e. The monoisotopic (exact) mass is 340 g/mol. The molecular formula is C19H24N4O2. The van der Waals surface area contributed by atoms with Crippen molar-refractivity contribution in [2.24, 2.45) is 0 Å². The minimum atomic E-state index is -0.237. The molecule has 1 aromatic carbocycles. The average Bonchev–Trinajstić information content (AvgIpc) is 3.09. The van der Waals surface area contributed by atoms with Crippen LogP contribution in [0.3, 0.4) is 0 Å². The SMILES string of the molecule is Cc1ccc(C)c(NC(=O)c2cc(NCC3CCCO3)nc(C)n2)c1. The van der Waals surface area contributed by atoms with Crippen molar-refractivity contribution in [3.8, 4) is 0 Å². The Kier molecular flexibility index (Phi) is 5.28. The molecule has 25 heavy (non-hydrogen) atoms. The van der Waals surface area contributed by atoms with Gasteiger partial charge in [0.25, 0.3) is 5.91 Å². The number of nitrogens with zero attached hydrogens (tertiary/aromatic N) is 2. The van der Waals surface area contributed by atoms with E-state index in [9.17, 15) is 4.79 Å². The van der Waals surface area contributed by atoms with E-state index in [1.54, 1.807) is 13.0 Å². The molecule has 2 heterocycles. The van der Waals surface area contributed by atoms with Gasteiger partial charge in [-0.15, -0.1) is 0 Å². The van der Waals surface area contributed by atoms with E-state index in [4.69, 9.17) is 4.74 Å². The number of aryl methyl sites for hydroxylation is 3. The van der Waals surface area contributed by atoms with Crippen LogP contribution in [0.25, 0.3) is 0 Å². The maximum atomic E-state index is 12.6. The Hall–Kier alpha value is -2.47. The molecule has 2 N–H and O–H groups in total. The number of amides is 1. The fourth-order valence-corrected chi connectivity index (χ4v) is 2.86. The first-order valence-corrected chi connectivity index (χ1v) is 8.61. The number of anilines is 2. The Morgan fingerprint density at radius 3 is 2.84 bits per heavy atom. The molecule has 3 rings (SSSR count). The first-order valence-electron chi connectivity index (χ1n) is 8.61. The number of carbonyl (C=O) groups excluding carboxylic acids is 1. The van der Waals surface area contributed by atoms with Gasteiger partial charge in [0.15, 0.2) is 0 Å². The number of ether oxygens (including phenoxy) is 1. The lowest BCUT2D eigenvalue weighted by Crippen LogP contribution is -2.20. The first-order chi connectivity index (χ1) is 12.0. The molecule has 0 saturated carbocycles. The Balaban J connectivity index is 1.72. The van der Waals surface area contributed by atoms with E-state index >= 15 is 0 Å². The first kappa shape index (κ1) is 17.4. The van der Waals surface area contributed by atoms with Crippen molar-refractivity contribution in [1.82, 2.24) is 9.97 Å². The van der Waals surface area contributed by atoms with Crippen LogP contribution >= 0.6 is 0 Å². The highest BCUT2D eigenvalue weighted by Crippen LogP contribution is 2.18. The molecule has 1 unspecified atom stereocenters. The van der Waals surface area contributed by atoms with Gasteiger partial charge < -0.3 is 15.4 Å². The number of nitrogens with one attached hydrogen (secondary N) is 2. The molecule has 1 atom stereocenters. The second-order valence-corrected chi connectivity index (χ2v) is 6.47. The largest absolute Gasteiger partial charge is 0.376 e. The molecule has 0 aliphatic carbocycles. The molecular weight excluding hydrogens is 316 g/mol. The van der Waals surface area contributed by atoms with Gasteiger partial charge >= 0.3 is 0 Å². The van der Waals surface area contributed by atoms with Crippen LogP contribution in [-0.2, 0) is 4.74 Å². The number of benzene rings is 1. The minimum Gasteiger partial charge on any atom is -0.376 e. The lowest BCUT2D eigenvalue weighted by atomic mass is 10.1. The zero-order valence-corrected chi connectivity index (χ0v) is 14.9. The van der Waals surface area contributed by atoms with Crippen molar-refractivity contribution < 1.29 is 9.53 Å². The zero-order valence-electron chi connectivity index (χ0n) is 14.9. The third-order valence-electron chi connectivity index (χ3n) is 4.25. The summed E-state index contributed by atoms with van der Waals surface area (Å²) in [5.41, 5.74) is 3.26. The summed E-state index contributed by atoms with van der Waals surface area (Å²) < 4.78 is 5.60. The third-order valence-corrected chi connectivity index (χ3v) is 4.25. The van der Waals surface area contributed by atoms with Crippen molar-refractivity contribution in [3.63, 3.8) is 0 Å². The Morgan fingerprint density at radius 2 is 2.08 bits per heavy atom. The maximum absolute atomic E-state index is 12.6. The molecule has 6 nitrogen and oxygen atoms in total. The molecule has 0 bridgehead atoms. The molecule has 2 aromatic rings. The van der Waals surface area contributed by atoms with Crippen LogP contribution in [0.4, 0.5) is 11.5 Å².